The van der Waals surface area contributed by atoms with E-state index < -0.39 is 9.84 Å². The molecule has 0 bridgehead atoms. The molecular weight excluding hydrogens is 206 g/mol. The van der Waals surface area contributed by atoms with Crippen molar-refractivity contribution < 1.29 is 18.4 Å². The second-order valence-corrected chi connectivity index (χ2v) is 6.24. The second kappa shape index (κ2) is 4.57. The van der Waals surface area contributed by atoms with Crippen molar-refractivity contribution in [2.75, 3.05) is 24.7 Å². The lowest BCUT2D eigenvalue weighted by molar-refractivity contribution is 0.0206. The third kappa shape index (κ3) is 2.91. The first kappa shape index (κ1) is 11.9. The second-order valence-electron chi connectivity index (χ2n) is 3.94. The average Bonchev–Trinajstić information content (AvgIpc) is 2.12. The Labute approximate surface area is 84.1 Å². The molecule has 6 heteroatoms. The van der Waals surface area contributed by atoms with Crippen molar-refractivity contribution in [3.63, 3.8) is 0 Å². The highest BCUT2D eigenvalue weighted by atomic mass is 32.2. The topological polar surface area (TPSA) is 89.6 Å². The Kier molecular flexibility index (Phi) is 3.88. The molecule has 1 aliphatic heterocycles. The van der Waals surface area contributed by atoms with Crippen molar-refractivity contribution in [3.05, 3.63) is 0 Å². The molecule has 5 nitrogen and oxygen atoms in total. The number of hydrogen-bond acceptors (Lipinski definition) is 5. The maximum Gasteiger partial charge on any atom is 0.150 e. The largest absolute Gasteiger partial charge is 0.396 e. The summed E-state index contributed by atoms with van der Waals surface area (Å²) < 4.78 is 22.4. The number of nitrogens with two attached hydrogens (primary N) is 1. The summed E-state index contributed by atoms with van der Waals surface area (Å²) in [6, 6.07) is 0. The number of sulfone groups is 1. The summed E-state index contributed by atoms with van der Waals surface area (Å²) in [5, 5.41) is 8.89. The molecule has 1 heterocycles. The Bertz CT molecular complexity index is 253. The highest BCUT2D eigenvalue weighted by Gasteiger charge is 2.36. The fourth-order valence-corrected chi connectivity index (χ4v) is 3.54. The summed E-state index contributed by atoms with van der Waals surface area (Å²) in [7, 11) is -2.87. The van der Waals surface area contributed by atoms with Crippen molar-refractivity contribution in [2.24, 2.45) is 11.3 Å². The Hall–Kier alpha value is -0.170. The van der Waals surface area contributed by atoms with E-state index in [1.807, 2.05) is 0 Å². The van der Waals surface area contributed by atoms with Crippen molar-refractivity contribution in [1.82, 2.24) is 0 Å². The minimum atomic E-state index is -2.87. The summed E-state index contributed by atoms with van der Waals surface area (Å²) in [6.45, 7) is 0.368. The van der Waals surface area contributed by atoms with Gasteiger partial charge in [-0.15, -0.1) is 0 Å². The van der Waals surface area contributed by atoms with Crippen LogP contribution in [0.5, 0.6) is 0 Å². The van der Waals surface area contributed by atoms with Crippen LogP contribution >= 0.6 is 0 Å². The summed E-state index contributed by atoms with van der Waals surface area (Å²) >= 11 is 0. The van der Waals surface area contributed by atoms with Crippen LogP contribution in [0.4, 0.5) is 0 Å². The van der Waals surface area contributed by atoms with Crippen LogP contribution < -0.4 is 5.90 Å². The molecule has 3 N–H and O–H groups in total. The third-order valence-electron chi connectivity index (χ3n) is 2.92. The zero-order chi connectivity index (χ0) is 10.7. The lowest BCUT2D eigenvalue weighted by atomic mass is 9.80. The maximum atomic E-state index is 11.2. The van der Waals surface area contributed by atoms with Gasteiger partial charge in [0, 0.05) is 6.61 Å². The van der Waals surface area contributed by atoms with E-state index in [1.165, 1.54) is 0 Å². The number of hydrogen-bond donors (Lipinski definition) is 2. The molecular formula is C8H17NO4S. The van der Waals surface area contributed by atoms with E-state index in [0.29, 0.717) is 25.9 Å². The fourth-order valence-electron chi connectivity index (χ4n) is 1.85. The van der Waals surface area contributed by atoms with Crippen molar-refractivity contribution in [2.45, 2.75) is 19.3 Å². The van der Waals surface area contributed by atoms with Crippen LogP contribution in [0, 0.1) is 5.41 Å². The van der Waals surface area contributed by atoms with Gasteiger partial charge in [-0.2, -0.15) is 0 Å². The number of aliphatic hydroxyl groups is 1. The van der Waals surface area contributed by atoms with Gasteiger partial charge in [-0.25, -0.2) is 14.3 Å². The van der Waals surface area contributed by atoms with Gasteiger partial charge >= 0.3 is 0 Å². The van der Waals surface area contributed by atoms with Gasteiger partial charge in [0.2, 0.25) is 0 Å². The van der Waals surface area contributed by atoms with Crippen LogP contribution in [0.15, 0.2) is 0 Å². The van der Waals surface area contributed by atoms with Gasteiger partial charge in [0.1, 0.15) is 9.84 Å². The van der Waals surface area contributed by atoms with Crippen LogP contribution in [0.1, 0.15) is 19.3 Å². The highest BCUT2D eigenvalue weighted by molar-refractivity contribution is 7.91. The minimum absolute atomic E-state index is 0.0450. The summed E-state index contributed by atoms with van der Waals surface area (Å²) in [5.74, 6) is 5.37. The zero-order valence-electron chi connectivity index (χ0n) is 8.11. The summed E-state index contributed by atoms with van der Waals surface area (Å²) in [4.78, 5) is 4.60. The first-order valence-corrected chi connectivity index (χ1v) is 6.49. The standard InChI is InChI=1S/C8H17NO4S/c9-13-7-8(1-4-10)2-5-14(11,12)6-3-8/h10H,1-7,9H2. The molecule has 1 aliphatic rings. The molecule has 1 fully saturated rings. The Morgan fingerprint density at radius 3 is 2.36 bits per heavy atom. The van der Waals surface area contributed by atoms with E-state index in [2.05, 4.69) is 4.84 Å². The Morgan fingerprint density at radius 2 is 1.93 bits per heavy atom. The first-order valence-electron chi connectivity index (χ1n) is 4.67. The summed E-state index contributed by atoms with van der Waals surface area (Å²) in [5.41, 5.74) is -0.241. The molecule has 0 atom stereocenters. The van der Waals surface area contributed by atoms with Gasteiger partial charge in [0.05, 0.1) is 18.1 Å². The van der Waals surface area contributed by atoms with Crippen LogP contribution in [0.3, 0.4) is 0 Å². The normalized spacial score (nSPS) is 24.7. The molecule has 84 valence electrons. The highest BCUT2D eigenvalue weighted by Crippen LogP contribution is 2.35. The molecule has 0 unspecified atom stereocenters. The average molecular weight is 223 g/mol. The van der Waals surface area contributed by atoms with Crippen LogP contribution in [-0.2, 0) is 14.7 Å². The molecule has 14 heavy (non-hydrogen) atoms. The molecule has 0 aromatic rings. The van der Waals surface area contributed by atoms with Gasteiger partial charge in [0.25, 0.3) is 0 Å². The van der Waals surface area contributed by atoms with Crippen LogP contribution in [-0.4, -0.2) is 38.2 Å². The molecule has 0 saturated carbocycles. The molecule has 0 aromatic carbocycles. The minimum Gasteiger partial charge on any atom is -0.396 e. The van der Waals surface area contributed by atoms with E-state index in [9.17, 15) is 8.42 Å². The van der Waals surface area contributed by atoms with E-state index >= 15 is 0 Å². The molecule has 1 rings (SSSR count). The molecule has 1 saturated heterocycles. The van der Waals surface area contributed by atoms with Gasteiger partial charge in [-0.05, 0) is 24.7 Å². The van der Waals surface area contributed by atoms with Crippen LogP contribution in [0.2, 0.25) is 0 Å². The predicted octanol–water partition coefficient (Wildman–Crippen LogP) is -0.546. The van der Waals surface area contributed by atoms with Crippen LogP contribution in [0.25, 0.3) is 0 Å². The van der Waals surface area contributed by atoms with Gasteiger partial charge in [0.15, 0.2) is 0 Å². The monoisotopic (exact) mass is 223 g/mol. The van der Waals surface area contributed by atoms with E-state index in [0.717, 1.165) is 0 Å². The number of aliphatic hydroxyl groups excluding tert-OH is 1. The number of rotatable bonds is 4. The smallest absolute Gasteiger partial charge is 0.150 e. The van der Waals surface area contributed by atoms with E-state index in [1.54, 1.807) is 0 Å². The van der Waals surface area contributed by atoms with E-state index in [-0.39, 0.29) is 23.5 Å². The first-order chi connectivity index (χ1) is 6.54. The van der Waals surface area contributed by atoms with Gasteiger partial charge in [-0.3, -0.25) is 0 Å². The molecule has 0 radical (unpaired) electrons. The third-order valence-corrected chi connectivity index (χ3v) is 4.57. The van der Waals surface area contributed by atoms with Crippen molar-refractivity contribution in [1.29, 1.82) is 0 Å². The summed E-state index contributed by atoms with van der Waals surface area (Å²) in [6.07, 6.45) is 1.62. The molecule has 0 amide bonds. The quantitative estimate of drug-likeness (QED) is 0.624. The lowest BCUT2D eigenvalue weighted by Gasteiger charge is -2.35. The van der Waals surface area contributed by atoms with Crippen molar-refractivity contribution in [3.8, 4) is 0 Å². The van der Waals surface area contributed by atoms with Gasteiger partial charge < -0.3 is 9.94 Å². The lowest BCUT2D eigenvalue weighted by Crippen LogP contribution is -2.38. The Morgan fingerprint density at radius 1 is 1.36 bits per heavy atom. The maximum absolute atomic E-state index is 11.2. The SMILES string of the molecule is NOCC1(CCO)CCS(=O)(=O)CC1. The van der Waals surface area contributed by atoms with Gasteiger partial charge in [-0.1, -0.05) is 0 Å². The molecule has 0 aromatic heterocycles. The molecule has 0 spiro atoms. The predicted molar refractivity (Wildman–Crippen MR) is 52.2 cm³/mol. The zero-order valence-corrected chi connectivity index (χ0v) is 8.92. The van der Waals surface area contributed by atoms with E-state index in [4.69, 9.17) is 11.0 Å². The fraction of sp³-hybridized carbons (Fsp3) is 1.00. The van der Waals surface area contributed by atoms with Crippen molar-refractivity contribution >= 4 is 9.84 Å². The molecule has 0 aliphatic carbocycles. The Balaban J connectivity index is 2.63.